The van der Waals surface area contributed by atoms with E-state index < -0.39 is 16.8 Å². The predicted octanol–water partition coefficient (Wildman–Crippen LogP) is 0.859. The summed E-state index contributed by atoms with van der Waals surface area (Å²) >= 11 is 0. The molecule has 0 aliphatic heterocycles. The third kappa shape index (κ3) is 3.13. The molecule has 0 amide bonds. The Morgan fingerprint density at radius 2 is 1.73 bits per heavy atom. The first kappa shape index (κ1) is 17.5. The Bertz CT molecular complexity index is 1170. The number of aromatic nitrogens is 4. The van der Waals surface area contributed by atoms with Gasteiger partial charge in [-0.25, -0.2) is 9.78 Å². The minimum absolute atomic E-state index is 0.0150. The van der Waals surface area contributed by atoms with E-state index in [0.717, 1.165) is 10.1 Å². The molecule has 8 heteroatoms. The number of carbonyl (C=O) groups is 1. The summed E-state index contributed by atoms with van der Waals surface area (Å²) in [4.78, 5) is 56.8. The molecule has 0 saturated heterocycles. The molecule has 3 aromatic rings. The van der Waals surface area contributed by atoms with Crippen molar-refractivity contribution in [1.82, 2.24) is 19.5 Å². The second-order valence-corrected chi connectivity index (χ2v) is 6.40. The highest BCUT2D eigenvalue weighted by atomic mass is 16.2. The van der Waals surface area contributed by atoms with Crippen LogP contribution in [0.2, 0.25) is 0 Å². The number of fused-ring (bicyclic) bond motifs is 1. The number of rotatable bonds is 4. The number of benzene rings is 1. The Kier molecular flexibility index (Phi) is 4.41. The first-order valence-electron chi connectivity index (χ1n) is 8.13. The summed E-state index contributed by atoms with van der Waals surface area (Å²) in [5.74, 6) is 0.0708. The zero-order chi connectivity index (χ0) is 19.0. The van der Waals surface area contributed by atoms with E-state index in [-0.39, 0.29) is 29.1 Å². The number of aromatic amines is 2. The molecule has 3 rings (SSSR count). The van der Waals surface area contributed by atoms with Crippen LogP contribution >= 0.6 is 0 Å². The van der Waals surface area contributed by atoms with Gasteiger partial charge in [0.2, 0.25) is 0 Å². The maximum absolute atomic E-state index is 12.5. The van der Waals surface area contributed by atoms with Crippen LogP contribution in [0.3, 0.4) is 0 Å². The first-order valence-corrected chi connectivity index (χ1v) is 8.13. The molecular formula is C18H18N4O4. The van der Waals surface area contributed by atoms with Gasteiger partial charge < -0.3 is 4.98 Å². The molecule has 0 aliphatic rings. The minimum Gasteiger partial charge on any atom is -0.305 e. The highest BCUT2D eigenvalue weighted by molar-refractivity contribution is 5.97. The van der Waals surface area contributed by atoms with Crippen LogP contribution in [0.25, 0.3) is 11.2 Å². The summed E-state index contributed by atoms with van der Waals surface area (Å²) in [5, 5.41) is 0. The van der Waals surface area contributed by atoms with Gasteiger partial charge in [0, 0.05) is 12.6 Å². The van der Waals surface area contributed by atoms with Crippen LogP contribution in [0.1, 0.15) is 41.4 Å². The molecule has 0 fully saturated rings. The number of hydrogen-bond acceptors (Lipinski definition) is 5. The van der Waals surface area contributed by atoms with E-state index in [1.807, 2.05) is 12.1 Å². The van der Waals surface area contributed by atoms with Crippen molar-refractivity contribution in [2.24, 2.45) is 7.05 Å². The maximum atomic E-state index is 12.5. The molecule has 0 spiro atoms. The zero-order valence-electron chi connectivity index (χ0n) is 14.6. The second kappa shape index (κ2) is 6.55. The normalized spacial score (nSPS) is 11.2. The Morgan fingerprint density at radius 3 is 2.35 bits per heavy atom. The van der Waals surface area contributed by atoms with E-state index >= 15 is 0 Å². The van der Waals surface area contributed by atoms with Crippen molar-refractivity contribution >= 4 is 16.9 Å². The largest absolute Gasteiger partial charge is 0.329 e. The molecule has 2 aromatic heterocycles. The lowest BCUT2D eigenvalue weighted by Crippen LogP contribution is -2.32. The van der Waals surface area contributed by atoms with E-state index in [4.69, 9.17) is 0 Å². The van der Waals surface area contributed by atoms with Crippen LogP contribution in [-0.4, -0.2) is 25.3 Å². The molecule has 8 nitrogen and oxygen atoms in total. The van der Waals surface area contributed by atoms with Crippen LogP contribution in [0.15, 0.2) is 38.6 Å². The summed E-state index contributed by atoms with van der Waals surface area (Å²) in [6.45, 7) is 4.11. The molecule has 0 unspecified atom stereocenters. The molecule has 0 radical (unpaired) electrons. The maximum Gasteiger partial charge on any atom is 0.329 e. The number of Topliss-reactive ketones (excluding diaryl/α,β-unsaturated/α-hetero) is 1. The van der Waals surface area contributed by atoms with Gasteiger partial charge in [0.15, 0.2) is 11.3 Å². The van der Waals surface area contributed by atoms with Gasteiger partial charge in [-0.1, -0.05) is 38.1 Å². The predicted molar refractivity (Wildman–Crippen MR) is 96.8 cm³/mol. The SMILES string of the molecule is CC(C)c1ccc(C(=O)Cc2nc3c(=O)[nH]c(=O)n(C)c3[nH]c2=O)cc1. The molecular weight excluding hydrogens is 336 g/mol. The van der Waals surface area contributed by atoms with Crippen molar-refractivity contribution in [3.63, 3.8) is 0 Å². The van der Waals surface area contributed by atoms with Crippen molar-refractivity contribution in [3.05, 3.63) is 72.3 Å². The number of ketones is 1. The van der Waals surface area contributed by atoms with Crippen LogP contribution < -0.4 is 16.8 Å². The van der Waals surface area contributed by atoms with Gasteiger partial charge in [0.1, 0.15) is 11.3 Å². The standard InChI is InChI=1S/C18H18N4O4/c1-9(2)10-4-6-11(7-5-10)13(23)8-12-16(24)20-15-14(19-12)17(25)21-18(26)22(15)3/h4-7,9H,8H2,1-3H3,(H,20,24)(H,21,25,26). The molecule has 2 N–H and O–H groups in total. The molecule has 0 aliphatic carbocycles. The fourth-order valence-electron chi connectivity index (χ4n) is 2.65. The van der Waals surface area contributed by atoms with E-state index in [2.05, 4.69) is 28.8 Å². The van der Waals surface area contributed by atoms with Gasteiger partial charge in [-0.05, 0) is 11.5 Å². The average Bonchev–Trinajstić information content (AvgIpc) is 2.61. The van der Waals surface area contributed by atoms with Crippen molar-refractivity contribution < 1.29 is 4.79 Å². The van der Waals surface area contributed by atoms with Crippen LogP contribution in [0.4, 0.5) is 0 Å². The summed E-state index contributed by atoms with van der Waals surface area (Å²) < 4.78 is 1.08. The van der Waals surface area contributed by atoms with Crippen LogP contribution in [-0.2, 0) is 13.5 Å². The van der Waals surface area contributed by atoms with Crippen molar-refractivity contribution in [2.45, 2.75) is 26.2 Å². The highest BCUT2D eigenvalue weighted by Gasteiger charge is 2.15. The molecule has 1 aromatic carbocycles. The third-order valence-electron chi connectivity index (χ3n) is 4.27. The lowest BCUT2D eigenvalue weighted by Gasteiger charge is -2.07. The Hall–Kier alpha value is -3.29. The first-order chi connectivity index (χ1) is 12.3. The smallest absolute Gasteiger partial charge is 0.305 e. The fraction of sp³-hybridized carbons (Fsp3) is 0.278. The van der Waals surface area contributed by atoms with Gasteiger partial charge in [0.05, 0.1) is 6.42 Å². The Labute approximate surface area is 147 Å². The number of hydrogen-bond donors (Lipinski definition) is 2. The summed E-state index contributed by atoms with van der Waals surface area (Å²) in [5.41, 5.74) is -0.556. The summed E-state index contributed by atoms with van der Waals surface area (Å²) in [6, 6.07) is 7.17. The van der Waals surface area contributed by atoms with Gasteiger partial charge in [-0.15, -0.1) is 0 Å². The number of nitrogens with zero attached hydrogens (tertiary/aromatic N) is 2. The lowest BCUT2D eigenvalue weighted by molar-refractivity contribution is 0.0991. The van der Waals surface area contributed by atoms with Crippen LogP contribution in [0.5, 0.6) is 0 Å². The minimum atomic E-state index is -0.714. The Balaban J connectivity index is 1.99. The van der Waals surface area contributed by atoms with Gasteiger partial charge in [-0.3, -0.25) is 23.9 Å². The number of nitrogens with one attached hydrogen (secondary N) is 2. The third-order valence-corrected chi connectivity index (χ3v) is 4.27. The van der Waals surface area contributed by atoms with Gasteiger partial charge >= 0.3 is 5.69 Å². The highest BCUT2D eigenvalue weighted by Crippen LogP contribution is 2.15. The topological polar surface area (TPSA) is 118 Å². The zero-order valence-corrected chi connectivity index (χ0v) is 14.6. The number of H-pyrrole nitrogens is 2. The average molecular weight is 354 g/mol. The lowest BCUT2D eigenvalue weighted by atomic mass is 9.99. The van der Waals surface area contributed by atoms with E-state index in [0.29, 0.717) is 11.5 Å². The quantitative estimate of drug-likeness (QED) is 0.674. The Morgan fingerprint density at radius 1 is 1.08 bits per heavy atom. The van der Waals surface area contributed by atoms with Gasteiger partial charge in [-0.2, -0.15) is 0 Å². The second-order valence-electron chi connectivity index (χ2n) is 6.40. The fourth-order valence-corrected chi connectivity index (χ4v) is 2.65. The van der Waals surface area contributed by atoms with Gasteiger partial charge in [0.25, 0.3) is 11.1 Å². The summed E-state index contributed by atoms with van der Waals surface area (Å²) in [7, 11) is 1.40. The number of carbonyl (C=O) groups excluding carboxylic acids is 1. The molecule has 2 heterocycles. The van der Waals surface area contributed by atoms with Crippen molar-refractivity contribution in [2.75, 3.05) is 0 Å². The van der Waals surface area contributed by atoms with E-state index in [1.54, 1.807) is 12.1 Å². The molecule has 26 heavy (non-hydrogen) atoms. The van der Waals surface area contributed by atoms with Crippen molar-refractivity contribution in [3.8, 4) is 0 Å². The summed E-state index contributed by atoms with van der Waals surface area (Å²) in [6.07, 6.45) is -0.241. The molecule has 0 saturated carbocycles. The van der Waals surface area contributed by atoms with E-state index in [1.165, 1.54) is 7.05 Å². The molecule has 0 atom stereocenters. The number of aryl methyl sites for hydroxylation is 1. The monoisotopic (exact) mass is 354 g/mol. The van der Waals surface area contributed by atoms with E-state index in [9.17, 15) is 19.2 Å². The van der Waals surface area contributed by atoms with Crippen LogP contribution in [0, 0.1) is 0 Å². The molecule has 134 valence electrons. The molecule has 0 bridgehead atoms. The van der Waals surface area contributed by atoms with Crippen molar-refractivity contribution in [1.29, 1.82) is 0 Å².